The third-order valence-electron chi connectivity index (χ3n) is 5.99. The molecule has 2 fully saturated rings. The van der Waals surface area contributed by atoms with Crippen LogP contribution in [0, 0.1) is 11.8 Å². The average molecular weight is 395 g/mol. The molecule has 28 heavy (non-hydrogen) atoms. The van der Waals surface area contributed by atoms with E-state index in [1.807, 2.05) is 40.6 Å². The van der Waals surface area contributed by atoms with Crippen LogP contribution < -0.4 is 10.5 Å². The maximum atomic E-state index is 12.8. The smallest absolute Gasteiger partial charge is 0.253 e. The van der Waals surface area contributed by atoms with Crippen molar-refractivity contribution in [3.63, 3.8) is 0 Å². The number of benzene rings is 1. The van der Waals surface area contributed by atoms with E-state index in [2.05, 4.69) is 9.97 Å². The lowest BCUT2D eigenvalue weighted by Gasteiger charge is -2.19. The number of hydrogen-bond acceptors (Lipinski definition) is 6. The highest BCUT2D eigenvalue weighted by Crippen LogP contribution is 2.37. The molecule has 3 aromatic rings. The molecule has 2 N–H and O–H groups in total. The average Bonchev–Trinajstić information content (AvgIpc) is 3.44. The highest BCUT2D eigenvalue weighted by Gasteiger charge is 2.42. The standard InChI is InChI=1S/C21H22N4O2S/c22-17-6-5-15-9-25(10-16(15)17)21(26)14-3-1-13(2-4-14)11-27-20-19-18(7-8-28-19)23-12-24-20/h1-4,7-8,12,15-17H,5-6,9-11,22H2. The molecule has 2 aromatic heterocycles. The van der Waals surface area contributed by atoms with E-state index in [0.29, 0.717) is 24.3 Å². The van der Waals surface area contributed by atoms with Gasteiger partial charge in [-0.15, -0.1) is 11.3 Å². The van der Waals surface area contributed by atoms with Gasteiger partial charge in [-0.1, -0.05) is 12.1 Å². The number of fused-ring (bicyclic) bond motifs is 2. The topological polar surface area (TPSA) is 81.3 Å². The number of rotatable bonds is 4. The van der Waals surface area contributed by atoms with Crippen LogP contribution in [0.4, 0.5) is 0 Å². The molecule has 1 aliphatic carbocycles. The summed E-state index contributed by atoms with van der Waals surface area (Å²) in [5.41, 5.74) is 8.81. The van der Waals surface area contributed by atoms with Crippen molar-refractivity contribution in [1.82, 2.24) is 14.9 Å². The molecule has 1 amide bonds. The minimum Gasteiger partial charge on any atom is -0.472 e. The first-order chi connectivity index (χ1) is 13.7. The van der Waals surface area contributed by atoms with Gasteiger partial charge in [0.25, 0.3) is 5.91 Å². The molecule has 7 heteroatoms. The summed E-state index contributed by atoms with van der Waals surface area (Å²) in [5.74, 6) is 1.75. The van der Waals surface area contributed by atoms with Gasteiger partial charge in [0.2, 0.25) is 5.88 Å². The molecule has 3 unspecified atom stereocenters. The largest absolute Gasteiger partial charge is 0.472 e. The zero-order valence-corrected chi connectivity index (χ0v) is 16.3. The lowest BCUT2D eigenvalue weighted by atomic mass is 9.98. The summed E-state index contributed by atoms with van der Waals surface area (Å²) in [4.78, 5) is 23.2. The summed E-state index contributed by atoms with van der Waals surface area (Å²) in [6.07, 6.45) is 3.76. The van der Waals surface area contributed by atoms with Gasteiger partial charge in [0.05, 0.1) is 5.52 Å². The Bertz CT molecular complexity index is 1000. The number of ether oxygens (including phenoxy) is 1. The Morgan fingerprint density at radius 2 is 2.04 bits per heavy atom. The van der Waals surface area contributed by atoms with Crippen molar-refractivity contribution in [2.24, 2.45) is 17.6 Å². The van der Waals surface area contributed by atoms with Gasteiger partial charge in [-0.2, -0.15) is 0 Å². The van der Waals surface area contributed by atoms with Crippen molar-refractivity contribution in [3.8, 4) is 5.88 Å². The van der Waals surface area contributed by atoms with Crippen molar-refractivity contribution in [1.29, 1.82) is 0 Å². The number of likely N-dealkylation sites (tertiary alicyclic amines) is 1. The van der Waals surface area contributed by atoms with Gasteiger partial charge in [0.1, 0.15) is 17.6 Å². The Balaban J connectivity index is 1.23. The molecule has 3 atom stereocenters. The molecule has 6 nitrogen and oxygen atoms in total. The molecule has 0 bridgehead atoms. The van der Waals surface area contributed by atoms with Crippen LogP contribution >= 0.6 is 11.3 Å². The van der Waals surface area contributed by atoms with Gasteiger partial charge in [-0.25, -0.2) is 9.97 Å². The van der Waals surface area contributed by atoms with Crippen LogP contribution in [0.3, 0.4) is 0 Å². The fourth-order valence-corrected chi connectivity index (χ4v) is 5.21. The molecule has 2 aliphatic rings. The van der Waals surface area contributed by atoms with Gasteiger partial charge in [-0.3, -0.25) is 4.79 Å². The molecule has 1 saturated carbocycles. The van der Waals surface area contributed by atoms with E-state index < -0.39 is 0 Å². The van der Waals surface area contributed by atoms with Crippen LogP contribution in [-0.2, 0) is 6.61 Å². The fourth-order valence-electron chi connectivity index (χ4n) is 4.42. The highest BCUT2D eigenvalue weighted by atomic mass is 32.1. The van der Waals surface area contributed by atoms with E-state index >= 15 is 0 Å². The van der Waals surface area contributed by atoms with Gasteiger partial charge < -0.3 is 15.4 Å². The number of nitrogens with two attached hydrogens (primary N) is 1. The number of amides is 1. The predicted molar refractivity (Wildman–Crippen MR) is 108 cm³/mol. The van der Waals surface area contributed by atoms with Crippen molar-refractivity contribution >= 4 is 27.5 Å². The molecule has 5 rings (SSSR count). The van der Waals surface area contributed by atoms with E-state index in [9.17, 15) is 4.79 Å². The Hall–Kier alpha value is -2.51. The van der Waals surface area contributed by atoms with Crippen LogP contribution in [0.5, 0.6) is 5.88 Å². The summed E-state index contributed by atoms with van der Waals surface area (Å²) in [5, 5.41) is 1.98. The third kappa shape index (κ3) is 3.14. The number of thiophene rings is 1. The monoisotopic (exact) mass is 394 g/mol. The summed E-state index contributed by atoms with van der Waals surface area (Å²) >= 11 is 1.57. The third-order valence-corrected chi connectivity index (χ3v) is 6.88. The van der Waals surface area contributed by atoms with Crippen molar-refractivity contribution in [2.45, 2.75) is 25.5 Å². The van der Waals surface area contributed by atoms with Gasteiger partial charge >= 0.3 is 0 Å². The second-order valence-electron chi connectivity index (χ2n) is 7.67. The van der Waals surface area contributed by atoms with E-state index in [4.69, 9.17) is 10.5 Å². The lowest BCUT2D eigenvalue weighted by Crippen LogP contribution is -2.33. The van der Waals surface area contributed by atoms with E-state index in [1.54, 1.807) is 11.3 Å². The molecule has 1 aromatic carbocycles. The molecule has 1 saturated heterocycles. The van der Waals surface area contributed by atoms with Crippen LogP contribution in [-0.4, -0.2) is 39.9 Å². The van der Waals surface area contributed by atoms with Crippen molar-refractivity contribution in [3.05, 3.63) is 53.2 Å². The predicted octanol–water partition coefficient (Wildman–Crippen LogP) is 3.08. The summed E-state index contributed by atoms with van der Waals surface area (Å²) < 4.78 is 6.83. The fraction of sp³-hybridized carbons (Fsp3) is 0.381. The molecule has 0 spiro atoms. The number of carbonyl (C=O) groups excluding carboxylic acids is 1. The normalized spacial score (nSPS) is 23.9. The van der Waals surface area contributed by atoms with Crippen molar-refractivity contribution < 1.29 is 9.53 Å². The summed E-state index contributed by atoms with van der Waals surface area (Å²) in [7, 11) is 0. The van der Waals surface area contributed by atoms with Gasteiger partial charge in [-0.05, 0) is 53.8 Å². The second kappa shape index (κ2) is 7.14. The lowest BCUT2D eigenvalue weighted by molar-refractivity contribution is 0.0779. The Kier molecular flexibility index (Phi) is 4.49. The molecule has 144 valence electrons. The Labute approximate surface area is 167 Å². The summed E-state index contributed by atoms with van der Waals surface area (Å²) in [6, 6.07) is 9.87. The number of aromatic nitrogens is 2. The molecule has 0 radical (unpaired) electrons. The first-order valence-corrected chi connectivity index (χ1v) is 10.5. The maximum Gasteiger partial charge on any atom is 0.253 e. The minimum absolute atomic E-state index is 0.102. The van der Waals surface area contributed by atoms with Crippen LogP contribution in [0.25, 0.3) is 10.2 Å². The van der Waals surface area contributed by atoms with Crippen LogP contribution in [0.1, 0.15) is 28.8 Å². The molecule has 1 aliphatic heterocycles. The highest BCUT2D eigenvalue weighted by molar-refractivity contribution is 7.17. The van der Waals surface area contributed by atoms with E-state index in [1.165, 1.54) is 6.33 Å². The van der Waals surface area contributed by atoms with E-state index in [0.717, 1.165) is 47.3 Å². The second-order valence-corrected chi connectivity index (χ2v) is 8.59. The Morgan fingerprint density at radius 1 is 1.18 bits per heavy atom. The SMILES string of the molecule is NC1CCC2CN(C(=O)c3ccc(COc4ncnc5ccsc45)cc3)CC12. The van der Waals surface area contributed by atoms with Gasteiger partial charge in [0, 0.05) is 24.7 Å². The molecule has 3 heterocycles. The van der Waals surface area contributed by atoms with Crippen LogP contribution in [0.15, 0.2) is 42.0 Å². The van der Waals surface area contributed by atoms with Crippen LogP contribution in [0.2, 0.25) is 0 Å². The first kappa shape index (κ1) is 17.6. The van der Waals surface area contributed by atoms with E-state index in [-0.39, 0.29) is 11.9 Å². The Morgan fingerprint density at radius 3 is 2.86 bits per heavy atom. The maximum absolute atomic E-state index is 12.8. The zero-order valence-electron chi connectivity index (χ0n) is 15.5. The molecular weight excluding hydrogens is 372 g/mol. The number of hydrogen-bond donors (Lipinski definition) is 1. The number of nitrogens with zero attached hydrogens (tertiary/aromatic N) is 3. The van der Waals surface area contributed by atoms with Gasteiger partial charge in [0.15, 0.2) is 0 Å². The number of carbonyl (C=O) groups is 1. The first-order valence-electron chi connectivity index (χ1n) is 9.64. The summed E-state index contributed by atoms with van der Waals surface area (Å²) in [6.45, 7) is 2.04. The minimum atomic E-state index is 0.102. The zero-order chi connectivity index (χ0) is 19.1. The molecular formula is C21H22N4O2S. The quantitative estimate of drug-likeness (QED) is 0.735. The van der Waals surface area contributed by atoms with Crippen molar-refractivity contribution in [2.75, 3.05) is 13.1 Å².